The number of pyridine rings is 1. The van der Waals surface area contributed by atoms with E-state index in [1.165, 1.54) is 0 Å². The minimum Gasteiger partial charge on any atom is -0.383 e. The van der Waals surface area contributed by atoms with Crippen LogP contribution in [0.5, 0.6) is 0 Å². The molecule has 1 N–H and O–H groups in total. The third-order valence-corrected chi connectivity index (χ3v) is 6.02. The number of aliphatic hydroxyl groups is 1. The predicted octanol–water partition coefficient (Wildman–Crippen LogP) is 4.20. The van der Waals surface area contributed by atoms with Crippen LogP contribution in [0.25, 0.3) is 10.9 Å². The van der Waals surface area contributed by atoms with Crippen molar-refractivity contribution < 1.29 is 9.90 Å². The van der Waals surface area contributed by atoms with Crippen molar-refractivity contribution in [3.63, 3.8) is 0 Å². The maximum Gasteiger partial charge on any atom is 0.254 e. The van der Waals surface area contributed by atoms with Crippen LogP contribution in [0.2, 0.25) is 0 Å². The lowest BCUT2D eigenvalue weighted by molar-refractivity contribution is 0.0413. The normalized spacial score (nSPS) is 19.4. The molecule has 0 bridgehead atoms. The Morgan fingerprint density at radius 3 is 2.61 bits per heavy atom. The monoisotopic (exact) mass is 374 g/mol. The van der Waals surface area contributed by atoms with E-state index in [2.05, 4.69) is 4.98 Å². The van der Waals surface area contributed by atoms with Crippen molar-refractivity contribution in [3.05, 3.63) is 76.0 Å². The Morgan fingerprint density at radius 2 is 1.86 bits per heavy atom. The Hall–Kier alpha value is -2.72. The van der Waals surface area contributed by atoms with E-state index in [1.807, 2.05) is 70.2 Å². The van der Waals surface area contributed by atoms with Gasteiger partial charge in [-0.25, -0.2) is 0 Å². The molecule has 1 amide bonds. The third-order valence-electron chi connectivity index (χ3n) is 6.02. The van der Waals surface area contributed by atoms with Crippen molar-refractivity contribution in [2.24, 2.45) is 0 Å². The quantitative estimate of drug-likeness (QED) is 0.731. The average molecular weight is 374 g/mol. The number of aryl methyl sites for hydroxylation is 3. The Kier molecular flexibility index (Phi) is 4.47. The average Bonchev–Trinajstić information content (AvgIpc) is 3.06. The van der Waals surface area contributed by atoms with Gasteiger partial charge in [-0.2, -0.15) is 0 Å². The van der Waals surface area contributed by atoms with E-state index in [0.717, 1.165) is 38.9 Å². The number of benzene rings is 2. The molecule has 2 heterocycles. The number of carbonyl (C=O) groups is 1. The van der Waals surface area contributed by atoms with Crippen LogP contribution in [0.4, 0.5) is 0 Å². The van der Waals surface area contributed by atoms with Crippen molar-refractivity contribution in [1.29, 1.82) is 0 Å². The fraction of sp³-hybridized carbons (Fsp3) is 0.333. The molecule has 0 aliphatic carbocycles. The summed E-state index contributed by atoms with van der Waals surface area (Å²) in [5.74, 6) is -0.0249. The first-order valence-electron chi connectivity index (χ1n) is 9.75. The van der Waals surface area contributed by atoms with Crippen molar-refractivity contribution in [3.8, 4) is 0 Å². The number of likely N-dealkylation sites (tertiary alicyclic amines) is 1. The minimum atomic E-state index is -0.997. The first kappa shape index (κ1) is 18.6. The van der Waals surface area contributed by atoms with Crippen LogP contribution >= 0.6 is 0 Å². The van der Waals surface area contributed by atoms with Gasteiger partial charge >= 0.3 is 0 Å². The Morgan fingerprint density at radius 1 is 1.11 bits per heavy atom. The second-order valence-corrected chi connectivity index (χ2v) is 8.04. The molecule has 1 saturated heterocycles. The molecule has 0 unspecified atom stereocenters. The second kappa shape index (κ2) is 6.71. The predicted molar refractivity (Wildman–Crippen MR) is 112 cm³/mol. The molecular formula is C24H26N2O2. The van der Waals surface area contributed by atoms with E-state index >= 15 is 0 Å². The number of carbonyl (C=O) groups excluding carboxylic acids is 1. The van der Waals surface area contributed by atoms with Gasteiger partial charge in [-0.1, -0.05) is 35.9 Å². The van der Waals surface area contributed by atoms with Gasteiger partial charge in [0.05, 0.1) is 17.6 Å². The summed E-state index contributed by atoms with van der Waals surface area (Å²) in [6, 6.07) is 13.9. The smallest absolute Gasteiger partial charge is 0.254 e. The van der Waals surface area contributed by atoms with E-state index in [4.69, 9.17) is 0 Å². The van der Waals surface area contributed by atoms with E-state index in [9.17, 15) is 9.90 Å². The van der Waals surface area contributed by atoms with E-state index in [0.29, 0.717) is 25.1 Å². The van der Waals surface area contributed by atoms with Crippen LogP contribution in [-0.2, 0) is 5.60 Å². The molecule has 4 rings (SSSR count). The first-order chi connectivity index (χ1) is 13.3. The van der Waals surface area contributed by atoms with Gasteiger partial charge in [0.25, 0.3) is 5.91 Å². The summed E-state index contributed by atoms with van der Waals surface area (Å²) in [7, 11) is 0. The summed E-state index contributed by atoms with van der Waals surface area (Å²) in [6.07, 6.45) is 0.545. The minimum absolute atomic E-state index is 0.0249. The molecule has 144 valence electrons. The van der Waals surface area contributed by atoms with Crippen LogP contribution in [0.1, 0.15) is 44.7 Å². The number of hydrogen-bond donors (Lipinski definition) is 1. The van der Waals surface area contributed by atoms with Crippen LogP contribution < -0.4 is 0 Å². The SMILES string of the molecule is Cc1ccc2nc(C)c(C)c(C(=O)N3CC[C@@](O)(c4ccccc4C)C3)c2c1. The maximum absolute atomic E-state index is 13.5. The van der Waals surface area contributed by atoms with Gasteiger partial charge in [0, 0.05) is 17.6 Å². The van der Waals surface area contributed by atoms with Crippen LogP contribution in [-0.4, -0.2) is 34.0 Å². The van der Waals surface area contributed by atoms with Crippen molar-refractivity contribution in [1.82, 2.24) is 9.88 Å². The highest BCUT2D eigenvalue weighted by Gasteiger charge is 2.41. The number of amides is 1. The summed E-state index contributed by atoms with van der Waals surface area (Å²) >= 11 is 0. The molecular weight excluding hydrogens is 348 g/mol. The van der Waals surface area contributed by atoms with Crippen LogP contribution in [0.3, 0.4) is 0 Å². The highest BCUT2D eigenvalue weighted by Crippen LogP contribution is 2.35. The molecule has 4 nitrogen and oxygen atoms in total. The lowest BCUT2D eigenvalue weighted by Crippen LogP contribution is -2.35. The number of nitrogens with zero attached hydrogens (tertiary/aromatic N) is 2. The number of rotatable bonds is 2. The highest BCUT2D eigenvalue weighted by molar-refractivity contribution is 6.07. The number of β-amino-alcohol motifs (C(OH)–C–C–N with tert-alkyl or cyclic N) is 1. The fourth-order valence-electron chi connectivity index (χ4n) is 4.31. The van der Waals surface area contributed by atoms with Crippen molar-refractivity contribution >= 4 is 16.8 Å². The molecule has 1 aliphatic rings. The zero-order chi connectivity index (χ0) is 20.1. The topological polar surface area (TPSA) is 53.4 Å². The molecule has 2 aromatic carbocycles. The van der Waals surface area contributed by atoms with Gasteiger partial charge < -0.3 is 10.0 Å². The molecule has 4 heteroatoms. The molecule has 0 saturated carbocycles. The van der Waals surface area contributed by atoms with Crippen molar-refractivity contribution in [2.45, 2.75) is 39.7 Å². The molecule has 1 fully saturated rings. The molecule has 0 radical (unpaired) electrons. The number of aromatic nitrogens is 1. The Labute approximate surface area is 165 Å². The van der Waals surface area contributed by atoms with E-state index in [-0.39, 0.29) is 5.91 Å². The van der Waals surface area contributed by atoms with Gasteiger partial charge in [0.1, 0.15) is 5.60 Å². The van der Waals surface area contributed by atoms with Gasteiger partial charge in [-0.15, -0.1) is 0 Å². The van der Waals surface area contributed by atoms with Gasteiger partial charge in [-0.05, 0) is 62.9 Å². The summed E-state index contributed by atoms with van der Waals surface area (Å²) in [6.45, 7) is 8.78. The van der Waals surface area contributed by atoms with E-state index in [1.54, 1.807) is 4.90 Å². The highest BCUT2D eigenvalue weighted by atomic mass is 16.3. The van der Waals surface area contributed by atoms with E-state index < -0.39 is 5.60 Å². The van der Waals surface area contributed by atoms with Gasteiger partial charge in [-0.3, -0.25) is 9.78 Å². The molecule has 0 spiro atoms. The fourth-order valence-corrected chi connectivity index (χ4v) is 4.31. The van der Waals surface area contributed by atoms with Gasteiger partial charge in [0.15, 0.2) is 0 Å². The second-order valence-electron chi connectivity index (χ2n) is 8.04. The largest absolute Gasteiger partial charge is 0.383 e. The zero-order valence-corrected chi connectivity index (χ0v) is 16.9. The Bertz CT molecular complexity index is 1090. The third kappa shape index (κ3) is 2.98. The molecule has 1 atom stereocenters. The lowest BCUT2D eigenvalue weighted by atomic mass is 9.89. The summed E-state index contributed by atoms with van der Waals surface area (Å²) in [5, 5.41) is 12.2. The van der Waals surface area contributed by atoms with Crippen LogP contribution in [0.15, 0.2) is 42.5 Å². The number of hydrogen-bond acceptors (Lipinski definition) is 3. The van der Waals surface area contributed by atoms with Crippen LogP contribution in [0, 0.1) is 27.7 Å². The maximum atomic E-state index is 13.5. The molecule has 1 aliphatic heterocycles. The first-order valence-corrected chi connectivity index (χ1v) is 9.75. The molecule has 28 heavy (non-hydrogen) atoms. The lowest BCUT2D eigenvalue weighted by Gasteiger charge is -2.26. The number of fused-ring (bicyclic) bond motifs is 1. The summed E-state index contributed by atoms with van der Waals surface area (Å²) in [5.41, 5.74) is 5.39. The zero-order valence-electron chi connectivity index (χ0n) is 16.9. The standard InChI is InChI=1S/C24H26N2O2/c1-15-9-10-21-19(13-15)22(17(3)18(4)25-21)23(27)26-12-11-24(28,14-26)20-8-6-5-7-16(20)2/h5-10,13,28H,11-12,14H2,1-4H3/t24-/m0/s1. The summed E-state index contributed by atoms with van der Waals surface area (Å²) < 4.78 is 0. The Balaban J connectivity index is 1.74. The summed E-state index contributed by atoms with van der Waals surface area (Å²) in [4.78, 5) is 20.0. The van der Waals surface area contributed by atoms with Gasteiger partial charge in [0.2, 0.25) is 0 Å². The van der Waals surface area contributed by atoms with Crippen molar-refractivity contribution in [2.75, 3.05) is 13.1 Å². The molecule has 3 aromatic rings. The molecule has 1 aromatic heterocycles.